The van der Waals surface area contributed by atoms with Gasteiger partial charge in [-0.2, -0.15) is 5.10 Å². The number of hydrogen-bond acceptors (Lipinski definition) is 2. The van der Waals surface area contributed by atoms with E-state index in [4.69, 9.17) is 12.2 Å². The first kappa shape index (κ1) is 14.3. The van der Waals surface area contributed by atoms with Crippen LogP contribution in [0, 0.1) is 4.77 Å². The van der Waals surface area contributed by atoms with E-state index >= 15 is 0 Å². The Balaban J connectivity index is 2.28. The molecule has 0 aliphatic rings. The smallest absolute Gasteiger partial charge is 0.179 e. The molecular formula is C14H24N4S. The summed E-state index contributed by atoms with van der Waals surface area (Å²) in [5, 5.41) is 4.60. The minimum atomic E-state index is 0.830. The second-order valence-corrected chi connectivity index (χ2v) is 5.55. The van der Waals surface area contributed by atoms with E-state index in [9.17, 15) is 0 Å². The predicted molar refractivity (Wildman–Crippen MR) is 82.0 cm³/mol. The highest BCUT2D eigenvalue weighted by molar-refractivity contribution is 7.71. The Labute approximate surface area is 119 Å². The summed E-state index contributed by atoms with van der Waals surface area (Å²) in [6.45, 7) is 5.40. The Hall–Kier alpha value is -1.10. The molecule has 5 heteroatoms. The zero-order valence-corrected chi connectivity index (χ0v) is 13.0. The van der Waals surface area contributed by atoms with Crippen molar-refractivity contribution in [3.05, 3.63) is 10.5 Å². The fraction of sp³-hybridized carbons (Fsp3) is 0.714. The number of aromatic nitrogens is 4. The van der Waals surface area contributed by atoms with E-state index in [0.717, 1.165) is 41.0 Å². The van der Waals surface area contributed by atoms with Gasteiger partial charge in [-0.3, -0.25) is 4.68 Å². The standard InChI is InChI=1S/C14H24N4S/c1-4-6-7-8-10-18-13-12(15-14(18)19)11(9-5-2)16-17(13)3/h4-10H2,1-3H3,(H,15,19). The molecule has 0 atom stereocenters. The average molecular weight is 280 g/mol. The summed E-state index contributed by atoms with van der Waals surface area (Å²) in [5.74, 6) is 0. The first-order valence-electron chi connectivity index (χ1n) is 7.33. The van der Waals surface area contributed by atoms with Gasteiger partial charge in [-0.15, -0.1) is 0 Å². The van der Waals surface area contributed by atoms with Crippen molar-refractivity contribution in [2.45, 2.75) is 58.9 Å². The van der Waals surface area contributed by atoms with E-state index < -0.39 is 0 Å². The lowest BCUT2D eigenvalue weighted by Crippen LogP contribution is -2.03. The molecule has 0 aliphatic heterocycles. The number of aromatic amines is 1. The molecule has 0 radical (unpaired) electrons. The number of hydrogen-bond donors (Lipinski definition) is 1. The molecule has 0 unspecified atom stereocenters. The monoisotopic (exact) mass is 280 g/mol. The Kier molecular flexibility index (Phi) is 4.80. The van der Waals surface area contributed by atoms with Gasteiger partial charge in [-0.05, 0) is 25.1 Å². The number of fused-ring (bicyclic) bond motifs is 1. The molecule has 19 heavy (non-hydrogen) atoms. The van der Waals surface area contributed by atoms with Crippen LogP contribution in [0.4, 0.5) is 0 Å². The number of rotatable bonds is 7. The van der Waals surface area contributed by atoms with E-state index in [1.165, 1.54) is 25.7 Å². The summed E-state index contributed by atoms with van der Waals surface area (Å²) in [6, 6.07) is 0. The molecule has 2 rings (SSSR count). The fourth-order valence-corrected chi connectivity index (χ4v) is 2.87. The Morgan fingerprint density at radius 3 is 2.63 bits per heavy atom. The van der Waals surface area contributed by atoms with Gasteiger partial charge >= 0.3 is 0 Å². The van der Waals surface area contributed by atoms with Crippen LogP contribution in [0.5, 0.6) is 0 Å². The second-order valence-electron chi connectivity index (χ2n) is 5.16. The zero-order chi connectivity index (χ0) is 13.8. The fourth-order valence-electron chi connectivity index (χ4n) is 2.59. The molecule has 4 nitrogen and oxygen atoms in total. The lowest BCUT2D eigenvalue weighted by Gasteiger charge is -2.04. The Bertz CT molecular complexity index is 590. The maximum absolute atomic E-state index is 5.45. The van der Waals surface area contributed by atoms with Gasteiger partial charge in [0.2, 0.25) is 0 Å². The van der Waals surface area contributed by atoms with E-state index in [2.05, 4.69) is 28.5 Å². The Morgan fingerprint density at radius 1 is 1.16 bits per heavy atom. The van der Waals surface area contributed by atoms with Crippen LogP contribution in [0.25, 0.3) is 11.2 Å². The maximum atomic E-state index is 5.45. The van der Waals surface area contributed by atoms with E-state index in [0.29, 0.717) is 0 Å². The molecule has 0 fully saturated rings. The minimum absolute atomic E-state index is 0.830. The van der Waals surface area contributed by atoms with Crippen molar-refractivity contribution in [1.29, 1.82) is 0 Å². The molecule has 0 saturated carbocycles. The normalized spacial score (nSPS) is 11.5. The number of aryl methyl sites for hydroxylation is 3. The summed E-state index contributed by atoms with van der Waals surface area (Å²) in [5.41, 5.74) is 3.41. The third-order valence-corrected chi connectivity index (χ3v) is 3.87. The van der Waals surface area contributed by atoms with Gasteiger partial charge in [0.25, 0.3) is 0 Å². The van der Waals surface area contributed by atoms with Gasteiger partial charge in [-0.25, -0.2) is 0 Å². The number of nitrogens with one attached hydrogen (secondary N) is 1. The lowest BCUT2D eigenvalue weighted by molar-refractivity contribution is 0.576. The maximum Gasteiger partial charge on any atom is 0.179 e. The average Bonchev–Trinajstić information content (AvgIpc) is 2.85. The van der Waals surface area contributed by atoms with Crippen LogP contribution in [0.15, 0.2) is 0 Å². The number of nitrogens with zero attached hydrogens (tertiary/aromatic N) is 3. The SMILES string of the molecule is CCCCCCn1c(=S)[nH]c2c(CCC)nn(C)c21. The van der Waals surface area contributed by atoms with Gasteiger partial charge in [0.05, 0.1) is 5.69 Å². The lowest BCUT2D eigenvalue weighted by atomic mass is 10.2. The summed E-state index contributed by atoms with van der Waals surface area (Å²) >= 11 is 5.45. The van der Waals surface area contributed by atoms with Gasteiger partial charge in [0.1, 0.15) is 5.52 Å². The molecule has 106 valence electrons. The van der Waals surface area contributed by atoms with Crippen LogP contribution >= 0.6 is 12.2 Å². The van der Waals surface area contributed by atoms with Crippen LogP contribution in [0.2, 0.25) is 0 Å². The van der Waals surface area contributed by atoms with Crippen molar-refractivity contribution in [2.75, 3.05) is 0 Å². The van der Waals surface area contributed by atoms with Crippen molar-refractivity contribution in [2.24, 2.45) is 7.05 Å². The highest BCUT2D eigenvalue weighted by atomic mass is 32.1. The molecule has 0 aliphatic carbocycles. The highest BCUT2D eigenvalue weighted by Crippen LogP contribution is 2.19. The topological polar surface area (TPSA) is 38.5 Å². The summed E-state index contributed by atoms with van der Waals surface area (Å²) in [7, 11) is 2.01. The summed E-state index contributed by atoms with van der Waals surface area (Å²) in [6.07, 6.45) is 7.12. The third kappa shape index (κ3) is 2.91. The number of H-pyrrole nitrogens is 1. The molecule has 2 aromatic heterocycles. The second kappa shape index (κ2) is 6.37. The summed E-state index contributed by atoms with van der Waals surface area (Å²) < 4.78 is 5.00. The van der Waals surface area contributed by atoms with Crippen LogP contribution in [0.3, 0.4) is 0 Å². The predicted octanol–water partition coefficient (Wildman–Crippen LogP) is 3.97. The van der Waals surface area contributed by atoms with Crippen molar-refractivity contribution < 1.29 is 0 Å². The zero-order valence-electron chi connectivity index (χ0n) is 12.2. The van der Waals surface area contributed by atoms with Crippen LogP contribution in [-0.4, -0.2) is 19.3 Å². The molecule has 2 heterocycles. The largest absolute Gasteiger partial charge is 0.328 e. The number of unbranched alkanes of at least 4 members (excludes halogenated alkanes) is 3. The van der Waals surface area contributed by atoms with Gasteiger partial charge in [0, 0.05) is 13.6 Å². The van der Waals surface area contributed by atoms with Gasteiger partial charge in [0.15, 0.2) is 10.4 Å². The molecule has 0 amide bonds. The van der Waals surface area contributed by atoms with E-state index in [-0.39, 0.29) is 0 Å². The summed E-state index contributed by atoms with van der Waals surface area (Å²) in [4.78, 5) is 3.34. The highest BCUT2D eigenvalue weighted by Gasteiger charge is 2.14. The number of imidazole rings is 1. The van der Waals surface area contributed by atoms with E-state index in [1.807, 2.05) is 11.7 Å². The van der Waals surface area contributed by atoms with Crippen LogP contribution < -0.4 is 0 Å². The Morgan fingerprint density at radius 2 is 1.95 bits per heavy atom. The molecule has 0 aromatic carbocycles. The van der Waals surface area contributed by atoms with Crippen LogP contribution in [-0.2, 0) is 20.0 Å². The third-order valence-electron chi connectivity index (χ3n) is 3.54. The first-order valence-corrected chi connectivity index (χ1v) is 7.74. The van der Waals surface area contributed by atoms with Gasteiger partial charge in [-0.1, -0.05) is 39.5 Å². The molecular weight excluding hydrogens is 256 g/mol. The van der Waals surface area contributed by atoms with Crippen molar-refractivity contribution in [1.82, 2.24) is 19.3 Å². The molecule has 1 N–H and O–H groups in total. The molecule has 0 spiro atoms. The quantitative estimate of drug-likeness (QED) is 0.616. The van der Waals surface area contributed by atoms with Crippen LogP contribution in [0.1, 0.15) is 51.6 Å². The van der Waals surface area contributed by atoms with Crippen molar-refractivity contribution in [3.63, 3.8) is 0 Å². The van der Waals surface area contributed by atoms with Crippen molar-refractivity contribution >= 4 is 23.4 Å². The molecule has 0 bridgehead atoms. The van der Waals surface area contributed by atoms with E-state index in [1.54, 1.807) is 0 Å². The first-order chi connectivity index (χ1) is 9.19. The molecule has 2 aromatic rings. The molecule has 0 saturated heterocycles. The van der Waals surface area contributed by atoms with Crippen molar-refractivity contribution in [3.8, 4) is 0 Å². The van der Waals surface area contributed by atoms with Gasteiger partial charge < -0.3 is 9.55 Å². The minimum Gasteiger partial charge on any atom is -0.328 e.